The molecule has 1 heterocycles. The van der Waals surface area contributed by atoms with Crippen molar-refractivity contribution < 1.29 is 19.4 Å². The number of benzene rings is 1. The number of phenols is 1. The fourth-order valence-electron chi connectivity index (χ4n) is 3.18. The van der Waals surface area contributed by atoms with Crippen molar-refractivity contribution in [2.75, 3.05) is 7.11 Å². The summed E-state index contributed by atoms with van der Waals surface area (Å²) in [5.41, 5.74) is -0.0572. The first-order chi connectivity index (χ1) is 9.13. The number of fused-ring (bicyclic) bond motifs is 1. The van der Waals surface area contributed by atoms with E-state index in [0.29, 0.717) is 23.5 Å². The summed E-state index contributed by atoms with van der Waals surface area (Å²) >= 11 is 0. The molecule has 3 rings (SSSR count). The molecular formula is C15H18O4. The Morgan fingerprint density at radius 1 is 1.26 bits per heavy atom. The Bertz CT molecular complexity index is 515. The van der Waals surface area contributed by atoms with Crippen molar-refractivity contribution in [3.63, 3.8) is 0 Å². The van der Waals surface area contributed by atoms with Crippen LogP contribution in [-0.4, -0.2) is 23.6 Å². The molecule has 1 aliphatic carbocycles. The summed E-state index contributed by atoms with van der Waals surface area (Å²) in [5, 5.41) is 9.94. The minimum absolute atomic E-state index is 0.0247. The highest BCUT2D eigenvalue weighted by Crippen LogP contribution is 2.45. The highest BCUT2D eigenvalue weighted by molar-refractivity contribution is 6.03. The number of ketones is 1. The van der Waals surface area contributed by atoms with Crippen LogP contribution in [0, 0.1) is 0 Å². The van der Waals surface area contributed by atoms with Gasteiger partial charge in [-0.1, -0.05) is 6.42 Å². The molecule has 1 spiro atoms. The van der Waals surface area contributed by atoms with Gasteiger partial charge in [0.1, 0.15) is 28.4 Å². The molecule has 0 aromatic heterocycles. The standard InChI is InChI=1S/C15H18O4/c1-18-10-7-11(16)14-12(17)9-15(19-13(14)8-10)5-3-2-4-6-15/h7-8,16H,2-6,9H2,1H3. The van der Waals surface area contributed by atoms with Crippen molar-refractivity contribution in [2.45, 2.75) is 44.1 Å². The van der Waals surface area contributed by atoms with E-state index >= 15 is 0 Å². The molecule has 1 N–H and O–H groups in total. The summed E-state index contributed by atoms with van der Waals surface area (Å²) in [5.74, 6) is 0.903. The van der Waals surface area contributed by atoms with Gasteiger partial charge in [0.15, 0.2) is 5.78 Å². The zero-order chi connectivity index (χ0) is 13.5. The van der Waals surface area contributed by atoms with E-state index in [1.807, 2.05) is 0 Å². The Morgan fingerprint density at radius 2 is 2.00 bits per heavy atom. The Kier molecular flexibility index (Phi) is 2.88. The average molecular weight is 262 g/mol. The molecule has 4 nitrogen and oxygen atoms in total. The maximum atomic E-state index is 12.3. The van der Waals surface area contributed by atoms with Crippen LogP contribution in [0.5, 0.6) is 17.2 Å². The minimum atomic E-state index is -0.360. The molecular weight excluding hydrogens is 244 g/mol. The summed E-state index contributed by atoms with van der Waals surface area (Å²) in [4.78, 5) is 12.3. The first kappa shape index (κ1) is 12.3. The normalized spacial score (nSPS) is 20.8. The van der Waals surface area contributed by atoms with E-state index in [4.69, 9.17) is 9.47 Å². The number of Topliss-reactive ketones (excluding diaryl/α,β-unsaturated/α-hetero) is 1. The number of phenolic OH excluding ortho intramolecular Hbond substituents is 1. The van der Waals surface area contributed by atoms with Crippen molar-refractivity contribution in [1.82, 2.24) is 0 Å². The molecule has 0 radical (unpaired) electrons. The lowest BCUT2D eigenvalue weighted by atomic mass is 9.78. The van der Waals surface area contributed by atoms with Gasteiger partial charge >= 0.3 is 0 Å². The van der Waals surface area contributed by atoms with Crippen molar-refractivity contribution in [2.24, 2.45) is 0 Å². The van der Waals surface area contributed by atoms with Crippen LogP contribution in [0.15, 0.2) is 12.1 Å². The fourth-order valence-corrected chi connectivity index (χ4v) is 3.18. The van der Waals surface area contributed by atoms with Gasteiger partial charge in [0, 0.05) is 12.1 Å². The second-order valence-electron chi connectivity index (χ2n) is 5.47. The number of aromatic hydroxyl groups is 1. The van der Waals surface area contributed by atoms with Crippen LogP contribution in [0.4, 0.5) is 0 Å². The van der Waals surface area contributed by atoms with Crippen molar-refractivity contribution in [1.29, 1.82) is 0 Å². The Morgan fingerprint density at radius 3 is 2.68 bits per heavy atom. The Hall–Kier alpha value is -1.71. The average Bonchev–Trinajstić information content (AvgIpc) is 2.38. The zero-order valence-electron chi connectivity index (χ0n) is 11.1. The van der Waals surface area contributed by atoms with Gasteiger partial charge in [0.2, 0.25) is 0 Å². The molecule has 1 aliphatic heterocycles. The molecule has 0 unspecified atom stereocenters. The lowest BCUT2D eigenvalue weighted by Gasteiger charge is -2.40. The molecule has 1 aromatic carbocycles. The van der Waals surface area contributed by atoms with Crippen LogP contribution < -0.4 is 9.47 Å². The molecule has 2 aliphatic rings. The van der Waals surface area contributed by atoms with Gasteiger partial charge < -0.3 is 14.6 Å². The summed E-state index contributed by atoms with van der Waals surface area (Å²) in [6.07, 6.45) is 5.60. The third kappa shape index (κ3) is 2.05. The third-order valence-corrected chi connectivity index (χ3v) is 4.14. The van der Waals surface area contributed by atoms with E-state index in [1.54, 1.807) is 6.07 Å². The molecule has 1 saturated carbocycles. The quantitative estimate of drug-likeness (QED) is 0.845. The first-order valence-electron chi connectivity index (χ1n) is 6.77. The van der Waals surface area contributed by atoms with Gasteiger partial charge in [-0.3, -0.25) is 4.79 Å². The number of rotatable bonds is 1. The van der Waals surface area contributed by atoms with Crippen LogP contribution in [0.2, 0.25) is 0 Å². The molecule has 0 saturated heterocycles. The van der Waals surface area contributed by atoms with Crippen LogP contribution in [0.25, 0.3) is 0 Å². The molecule has 0 atom stereocenters. The van der Waals surface area contributed by atoms with Crippen molar-refractivity contribution in [3.05, 3.63) is 17.7 Å². The number of ether oxygens (including phenoxy) is 2. The maximum Gasteiger partial charge on any atom is 0.174 e. The summed E-state index contributed by atoms with van der Waals surface area (Å²) in [7, 11) is 1.53. The van der Waals surface area contributed by atoms with E-state index in [-0.39, 0.29) is 17.1 Å². The lowest BCUT2D eigenvalue weighted by molar-refractivity contribution is 0.0130. The largest absolute Gasteiger partial charge is 0.507 e. The molecule has 0 bridgehead atoms. The highest BCUT2D eigenvalue weighted by atomic mass is 16.5. The Balaban J connectivity index is 2.02. The van der Waals surface area contributed by atoms with Gasteiger partial charge in [-0.25, -0.2) is 0 Å². The molecule has 4 heteroatoms. The monoisotopic (exact) mass is 262 g/mol. The fraction of sp³-hybridized carbons (Fsp3) is 0.533. The Labute approximate surface area is 112 Å². The van der Waals surface area contributed by atoms with E-state index < -0.39 is 0 Å². The second-order valence-corrected chi connectivity index (χ2v) is 5.47. The number of hydrogen-bond acceptors (Lipinski definition) is 4. The van der Waals surface area contributed by atoms with Crippen LogP contribution in [-0.2, 0) is 0 Å². The van der Waals surface area contributed by atoms with Crippen molar-refractivity contribution >= 4 is 5.78 Å². The van der Waals surface area contributed by atoms with Crippen LogP contribution in [0.3, 0.4) is 0 Å². The van der Waals surface area contributed by atoms with Gasteiger partial charge in [-0.05, 0) is 25.7 Å². The van der Waals surface area contributed by atoms with Crippen molar-refractivity contribution in [3.8, 4) is 17.2 Å². The summed E-state index contributed by atoms with van der Waals surface area (Å²) in [6, 6.07) is 3.15. The maximum absolute atomic E-state index is 12.3. The van der Waals surface area contributed by atoms with E-state index in [2.05, 4.69) is 0 Å². The van der Waals surface area contributed by atoms with E-state index in [9.17, 15) is 9.90 Å². The molecule has 19 heavy (non-hydrogen) atoms. The number of carbonyl (C=O) groups is 1. The molecule has 0 amide bonds. The van der Waals surface area contributed by atoms with Gasteiger partial charge in [0.05, 0.1) is 13.5 Å². The molecule has 1 aromatic rings. The lowest BCUT2D eigenvalue weighted by Crippen LogP contribution is -2.43. The second kappa shape index (κ2) is 4.44. The van der Waals surface area contributed by atoms with Gasteiger partial charge in [-0.15, -0.1) is 0 Å². The minimum Gasteiger partial charge on any atom is -0.507 e. The van der Waals surface area contributed by atoms with Crippen LogP contribution in [0.1, 0.15) is 48.9 Å². The highest BCUT2D eigenvalue weighted by Gasteiger charge is 2.42. The zero-order valence-corrected chi connectivity index (χ0v) is 11.1. The first-order valence-corrected chi connectivity index (χ1v) is 6.77. The third-order valence-electron chi connectivity index (χ3n) is 4.14. The SMILES string of the molecule is COc1cc(O)c2c(c1)OC1(CCCCC1)CC2=O. The summed E-state index contributed by atoms with van der Waals surface area (Å²) in [6.45, 7) is 0. The van der Waals surface area contributed by atoms with Gasteiger partial charge in [0.25, 0.3) is 0 Å². The molecule has 1 fully saturated rings. The molecule has 102 valence electrons. The predicted molar refractivity (Wildman–Crippen MR) is 70.1 cm³/mol. The smallest absolute Gasteiger partial charge is 0.174 e. The topological polar surface area (TPSA) is 55.8 Å². The number of methoxy groups -OCH3 is 1. The van der Waals surface area contributed by atoms with E-state index in [0.717, 1.165) is 25.7 Å². The van der Waals surface area contributed by atoms with Crippen LogP contribution >= 0.6 is 0 Å². The predicted octanol–water partition coefficient (Wildman–Crippen LogP) is 3.07. The summed E-state index contributed by atoms with van der Waals surface area (Å²) < 4.78 is 11.2. The number of carbonyl (C=O) groups excluding carboxylic acids is 1. The van der Waals surface area contributed by atoms with Gasteiger partial charge in [-0.2, -0.15) is 0 Å². The van der Waals surface area contributed by atoms with E-state index in [1.165, 1.54) is 19.6 Å². The number of hydrogen-bond donors (Lipinski definition) is 1.